The van der Waals surface area contributed by atoms with Crippen LogP contribution >= 0.6 is 11.6 Å². The number of hydrogen-bond acceptors (Lipinski definition) is 6. The molecule has 19 heteroatoms. The number of aliphatic hydroxyl groups excluding tert-OH is 1. The van der Waals surface area contributed by atoms with Crippen molar-refractivity contribution in [1.29, 1.82) is 5.41 Å². The van der Waals surface area contributed by atoms with Crippen LogP contribution in [0.4, 0.5) is 54.1 Å². The first kappa shape index (κ1) is 35.6. The molecule has 2 unspecified atom stereocenters. The van der Waals surface area contributed by atoms with Crippen LogP contribution in [0.15, 0.2) is 54.7 Å². The lowest BCUT2D eigenvalue weighted by molar-refractivity contribution is -0.309. The molecule has 4 N–H and O–H groups in total. The molecule has 3 aromatic rings. The van der Waals surface area contributed by atoms with E-state index < -0.39 is 54.0 Å². The summed E-state index contributed by atoms with van der Waals surface area (Å²) in [7, 11) is 0.646. The van der Waals surface area contributed by atoms with Crippen molar-refractivity contribution >= 4 is 29.2 Å². The number of ether oxygens (including phenoxy) is 1. The number of aliphatic hydroxyl groups is 1. The molecule has 1 aromatic heterocycles. The molecule has 0 fully saturated rings. The first-order chi connectivity index (χ1) is 20.7. The average molecular weight is 680 g/mol. The van der Waals surface area contributed by atoms with E-state index in [9.17, 15) is 53.4 Å². The maximum absolute atomic E-state index is 14.2. The molecule has 7 nitrogen and oxygen atoms in total. The fraction of sp³-hybridized carbons (Fsp3) is 0.308. The standard InChI is InChI=1S/C26H21ClF11N5O2/c1-43-20(18(19(42-43)23(29,30)26(36,37)38)45-25(34,35)22(28)24(31,32)33)40-12-15(10-39)14-7-8-17(27)16(9-14)21(44)41-11-13-5-3-2-4-6-13/h2-10,12,21-22,39-41,44H,11H2,1H3/b15-12+,39-10?. The van der Waals surface area contributed by atoms with Crippen molar-refractivity contribution in [3.63, 3.8) is 0 Å². The minimum absolute atomic E-state index is 0.0399. The highest BCUT2D eigenvalue weighted by molar-refractivity contribution is 6.31. The number of aryl methyl sites for hydroxylation is 1. The van der Waals surface area contributed by atoms with Crippen LogP contribution in [0, 0.1) is 5.41 Å². The molecule has 1 heterocycles. The zero-order chi connectivity index (χ0) is 34.0. The molecular weight excluding hydrogens is 659 g/mol. The fourth-order valence-corrected chi connectivity index (χ4v) is 3.91. The van der Waals surface area contributed by atoms with Crippen molar-refractivity contribution in [3.05, 3.63) is 82.1 Å². The van der Waals surface area contributed by atoms with E-state index in [1.807, 2.05) is 5.32 Å². The van der Waals surface area contributed by atoms with Crippen LogP contribution < -0.4 is 15.4 Å². The van der Waals surface area contributed by atoms with Crippen molar-refractivity contribution in [3.8, 4) is 5.75 Å². The molecule has 45 heavy (non-hydrogen) atoms. The van der Waals surface area contributed by atoms with E-state index in [1.54, 1.807) is 30.3 Å². The summed E-state index contributed by atoms with van der Waals surface area (Å²) in [4.78, 5) is 0. The van der Waals surface area contributed by atoms with E-state index in [1.165, 1.54) is 18.2 Å². The monoisotopic (exact) mass is 679 g/mol. The van der Waals surface area contributed by atoms with Gasteiger partial charge in [0.25, 0.3) is 6.17 Å². The highest BCUT2D eigenvalue weighted by Crippen LogP contribution is 2.50. The topological polar surface area (TPSA) is 95.2 Å². The molecule has 0 amide bonds. The van der Waals surface area contributed by atoms with Crippen molar-refractivity contribution in [2.45, 2.75) is 43.3 Å². The van der Waals surface area contributed by atoms with Gasteiger partial charge in [-0.15, -0.1) is 0 Å². The smallest absolute Gasteiger partial charge is 0.424 e. The summed E-state index contributed by atoms with van der Waals surface area (Å²) in [6.45, 7) is 0.185. The zero-order valence-corrected chi connectivity index (χ0v) is 23.2. The van der Waals surface area contributed by atoms with Crippen LogP contribution in [-0.4, -0.2) is 45.7 Å². The number of nitrogens with zero attached hydrogens (tertiary/aromatic N) is 2. The van der Waals surface area contributed by atoms with E-state index >= 15 is 0 Å². The van der Waals surface area contributed by atoms with Gasteiger partial charge < -0.3 is 20.6 Å². The molecule has 0 bridgehead atoms. The molecule has 0 aliphatic rings. The molecular formula is C26H21ClF11N5O2. The normalized spacial score (nSPS) is 14.7. The quantitative estimate of drug-likeness (QED) is 0.0905. The summed E-state index contributed by atoms with van der Waals surface area (Å²) in [6, 6.07) is 12.6. The lowest BCUT2D eigenvalue weighted by Crippen LogP contribution is -2.46. The molecule has 0 saturated heterocycles. The van der Waals surface area contributed by atoms with Gasteiger partial charge in [0, 0.05) is 42.2 Å². The summed E-state index contributed by atoms with van der Waals surface area (Å²) in [5, 5.41) is 25.9. The minimum Gasteiger partial charge on any atom is -0.424 e. The number of nitrogens with one attached hydrogen (secondary N) is 3. The second-order valence-corrected chi connectivity index (χ2v) is 9.59. The Morgan fingerprint density at radius 1 is 1.04 bits per heavy atom. The number of allylic oxidation sites excluding steroid dienone is 1. The van der Waals surface area contributed by atoms with E-state index in [-0.39, 0.29) is 32.9 Å². The van der Waals surface area contributed by atoms with Crippen molar-refractivity contribution in [2.24, 2.45) is 7.05 Å². The lowest BCUT2D eigenvalue weighted by atomic mass is 10.0. The maximum atomic E-state index is 14.2. The second kappa shape index (κ2) is 13.2. The zero-order valence-electron chi connectivity index (χ0n) is 22.4. The minimum atomic E-state index is -6.49. The van der Waals surface area contributed by atoms with Crippen LogP contribution in [0.2, 0.25) is 5.02 Å². The molecule has 0 radical (unpaired) electrons. The number of benzene rings is 2. The highest BCUT2D eigenvalue weighted by atomic mass is 35.5. The summed E-state index contributed by atoms with van der Waals surface area (Å²) < 4.78 is 151. The number of aromatic nitrogens is 2. The van der Waals surface area contributed by atoms with Gasteiger partial charge in [0.05, 0.1) is 0 Å². The fourth-order valence-electron chi connectivity index (χ4n) is 3.69. The van der Waals surface area contributed by atoms with Crippen LogP contribution in [0.5, 0.6) is 5.75 Å². The summed E-state index contributed by atoms with van der Waals surface area (Å²) in [5.74, 6) is -9.60. The van der Waals surface area contributed by atoms with Gasteiger partial charge >= 0.3 is 24.4 Å². The van der Waals surface area contributed by atoms with Crippen molar-refractivity contribution in [2.75, 3.05) is 5.32 Å². The van der Waals surface area contributed by atoms with Gasteiger partial charge in [0.2, 0.25) is 0 Å². The van der Waals surface area contributed by atoms with Crippen LogP contribution in [-0.2, 0) is 19.5 Å². The third-order valence-electron chi connectivity index (χ3n) is 5.96. The lowest BCUT2D eigenvalue weighted by Gasteiger charge is -2.25. The molecule has 246 valence electrons. The molecule has 0 saturated carbocycles. The molecule has 0 aliphatic heterocycles. The third-order valence-corrected chi connectivity index (χ3v) is 6.31. The van der Waals surface area contributed by atoms with E-state index in [0.29, 0.717) is 19.5 Å². The van der Waals surface area contributed by atoms with Crippen molar-refractivity contribution < 1.29 is 58.1 Å². The van der Waals surface area contributed by atoms with E-state index in [4.69, 9.17) is 17.0 Å². The van der Waals surface area contributed by atoms with Gasteiger partial charge in [0.15, 0.2) is 17.3 Å². The Bertz CT molecular complexity index is 1530. The SMILES string of the molecule is Cn1nc(C(F)(F)C(F)(F)F)c(OC(F)(F)C(F)C(F)(F)F)c1N/C=C(\C=N)c1ccc(Cl)c(C(O)NCc2ccccc2)c1. The van der Waals surface area contributed by atoms with E-state index in [0.717, 1.165) is 5.56 Å². The molecule has 3 rings (SSSR count). The second-order valence-electron chi connectivity index (χ2n) is 9.18. The van der Waals surface area contributed by atoms with Gasteiger partial charge in [0.1, 0.15) is 6.23 Å². The number of anilines is 1. The predicted molar refractivity (Wildman–Crippen MR) is 140 cm³/mol. The van der Waals surface area contributed by atoms with E-state index in [2.05, 4.69) is 15.2 Å². The van der Waals surface area contributed by atoms with Crippen LogP contribution in [0.1, 0.15) is 28.6 Å². The summed E-state index contributed by atoms with van der Waals surface area (Å²) in [5.41, 5.74) is -1.94. The van der Waals surface area contributed by atoms with Gasteiger partial charge in [-0.2, -0.15) is 49.0 Å². The van der Waals surface area contributed by atoms with Gasteiger partial charge in [-0.05, 0) is 23.3 Å². The molecule has 2 atom stereocenters. The Balaban J connectivity index is 2.02. The Labute approximate surface area is 251 Å². The number of alkyl halides is 11. The maximum Gasteiger partial charge on any atom is 0.459 e. The highest BCUT2D eigenvalue weighted by Gasteiger charge is 2.65. The third kappa shape index (κ3) is 8.04. The first-order valence-electron chi connectivity index (χ1n) is 12.2. The molecule has 0 spiro atoms. The Kier molecular flexibility index (Phi) is 10.5. The average Bonchev–Trinajstić information content (AvgIpc) is 3.26. The van der Waals surface area contributed by atoms with Crippen LogP contribution in [0.3, 0.4) is 0 Å². The predicted octanol–water partition coefficient (Wildman–Crippen LogP) is 7.48. The summed E-state index contributed by atoms with van der Waals surface area (Å²) in [6.07, 6.45) is -24.0. The van der Waals surface area contributed by atoms with Crippen molar-refractivity contribution in [1.82, 2.24) is 15.1 Å². The summed E-state index contributed by atoms with van der Waals surface area (Å²) >= 11 is 6.17. The Hall–Kier alpha value is -3.90. The van der Waals surface area contributed by atoms with Gasteiger partial charge in [-0.1, -0.05) is 48.0 Å². The van der Waals surface area contributed by atoms with Crippen LogP contribution in [0.25, 0.3) is 5.57 Å². The largest absolute Gasteiger partial charge is 0.459 e. The Morgan fingerprint density at radius 3 is 2.22 bits per heavy atom. The Morgan fingerprint density at radius 2 is 1.67 bits per heavy atom. The number of hydrogen-bond donors (Lipinski definition) is 4. The number of rotatable bonds is 12. The number of halogens is 12. The van der Waals surface area contributed by atoms with Gasteiger partial charge in [-0.3, -0.25) is 5.32 Å². The first-order valence-corrected chi connectivity index (χ1v) is 12.6. The van der Waals surface area contributed by atoms with Gasteiger partial charge in [-0.25, -0.2) is 9.07 Å². The molecule has 2 aromatic carbocycles. The molecule has 0 aliphatic carbocycles.